The number of thioether (sulfide) groups is 1. The minimum absolute atomic E-state index is 0.0287. The Morgan fingerprint density at radius 1 is 1.12 bits per heavy atom. The van der Waals surface area contributed by atoms with Gasteiger partial charge in [0.1, 0.15) is 0 Å². The smallest absolute Gasteiger partial charge is 0.351 e. The molecule has 126 valence electrons. The summed E-state index contributed by atoms with van der Waals surface area (Å²) in [5.74, 6) is -0.187. The quantitative estimate of drug-likeness (QED) is 0.634. The number of carbonyl (C=O) groups excluding carboxylic acids is 2. The van der Waals surface area contributed by atoms with Crippen molar-refractivity contribution < 1.29 is 22.8 Å². The molecule has 1 heterocycles. The van der Waals surface area contributed by atoms with Gasteiger partial charge in [-0.1, -0.05) is 11.8 Å². The Balaban J connectivity index is 1.94. The zero-order valence-corrected chi connectivity index (χ0v) is 12.9. The molecule has 2 rings (SSSR count). The van der Waals surface area contributed by atoms with Gasteiger partial charge in [-0.3, -0.25) is 4.79 Å². The molecule has 2 amide bonds. The molecule has 0 fully saturated rings. The maximum absolute atomic E-state index is 12.4. The first-order chi connectivity index (χ1) is 11.3. The summed E-state index contributed by atoms with van der Waals surface area (Å²) in [6, 6.07) is 7.53. The Morgan fingerprint density at radius 3 is 2.29 bits per heavy atom. The first kappa shape index (κ1) is 17.8. The summed E-state index contributed by atoms with van der Waals surface area (Å²) in [6.07, 6.45) is -3.70. The lowest BCUT2D eigenvalue weighted by atomic mass is 10.1. The molecular weight excluding hydrogens is 343 g/mol. The van der Waals surface area contributed by atoms with Crippen LogP contribution in [0.3, 0.4) is 0 Å². The lowest BCUT2D eigenvalue weighted by Crippen LogP contribution is -2.19. The Hall–Kier alpha value is -2.55. The van der Waals surface area contributed by atoms with Crippen LogP contribution in [0.4, 0.5) is 23.7 Å². The number of amides is 2. The van der Waals surface area contributed by atoms with Crippen LogP contribution in [0, 0.1) is 0 Å². The van der Waals surface area contributed by atoms with E-state index in [0.717, 1.165) is 24.0 Å². The largest absolute Gasteiger partial charge is 0.417 e. The van der Waals surface area contributed by atoms with Gasteiger partial charge in [0, 0.05) is 17.4 Å². The predicted octanol–water partition coefficient (Wildman–Crippen LogP) is 3.57. The highest BCUT2D eigenvalue weighted by Crippen LogP contribution is 2.29. The van der Waals surface area contributed by atoms with Crippen molar-refractivity contribution in [1.82, 2.24) is 4.98 Å². The van der Waals surface area contributed by atoms with E-state index in [0.29, 0.717) is 16.3 Å². The Kier molecular flexibility index (Phi) is 5.45. The molecule has 3 N–H and O–H groups in total. The molecule has 0 spiro atoms. The van der Waals surface area contributed by atoms with Crippen molar-refractivity contribution in [2.75, 3.05) is 11.1 Å². The van der Waals surface area contributed by atoms with E-state index in [9.17, 15) is 22.8 Å². The van der Waals surface area contributed by atoms with E-state index in [1.165, 1.54) is 30.3 Å². The number of nitrogens with one attached hydrogen (secondary N) is 1. The van der Waals surface area contributed by atoms with E-state index >= 15 is 0 Å². The van der Waals surface area contributed by atoms with Gasteiger partial charge in [0.2, 0.25) is 0 Å². The third-order valence-corrected chi connectivity index (χ3v) is 3.83. The molecule has 0 aliphatic carbocycles. The lowest BCUT2D eigenvalue weighted by Gasteiger charge is -2.07. The number of anilines is 1. The van der Waals surface area contributed by atoms with Gasteiger partial charge in [-0.05, 0) is 36.4 Å². The number of pyridine rings is 1. The molecular formula is C15H12F3N3O2S. The molecule has 5 nitrogen and oxygen atoms in total. The standard InChI is InChI=1S/C15H12F3N3O2S/c16-15(17,18)10-3-6-13(20-7-10)24-8-12(22)9-1-4-11(5-2-9)21-14(19)23/h1-7H,8H2,(H3,19,21,23). The number of nitrogens with two attached hydrogens (primary N) is 1. The van der Waals surface area contributed by atoms with Crippen LogP contribution in [0.15, 0.2) is 47.6 Å². The first-order valence-corrected chi connectivity index (χ1v) is 7.60. The molecule has 0 radical (unpaired) electrons. The number of nitrogens with zero attached hydrogens (tertiary/aromatic N) is 1. The number of hydrogen-bond acceptors (Lipinski definition) is 4. The highest BCUT2D eigenvalue weighted by Gasteiger charge is 2.30. The molecule has 0 saturated heterocycles. The molecule has 1 aromatic heterocycles. The third-order valence-electron chi connectivity index (χ3n) is 2.89. The number of carbonyl (C=O) groups is 2. The zero-order valence-electron chi connectivity index (χ0n) is 12.1. The highest BCUT2D eigenvalue weighted by molar-refractivity contribution is 7.99. The van der Waals surface area contributed by atoms with Crippen LogP contribution >= 0.6 is 11.8 Å². The maximum Gasteiger partial charge on any atom is 0.417 e. The fraction of sp³-hybridized carbons (Fsp3) is 0.133. The van der Waals surface area contributed by atoms with Crippen molar-refractivity contribution in [1.29, 1.82) is 0 Å². The SMILES string of the molecule is NC(=O)Nc1ccc(C(=O)CSc2ccc(C(F)(F)F)cn2)cc1. The normalized spacial score (nSPS) is 11.1. The van der Waals surface area contributed by atoms with Gasteiger partial charge >= 0.3 is 12.2 Å². The number of aromatic nitrogens is 1. The third kappa shape index (κ3) is 4.98. The van der Waals surface area contributed by atoms with Crippen LogP contribution in [-0.2, 0) is 6.18 Å². The summed E-state index contributed by atoms with van der Waals surface area (Å²) in [7, 11) is 0. The molecule has 2 aromatic rings. The van der Waals surface area contributed by atoms with Gasteiger partial charge in [-0.25, -0.2) is 9.78 Å². The Morgan fingerprint density at radius 2 is 1.79 bits per heavy atom. The van der Waals surface area contributed by atoms with Crippen molar-refractivity contribution in [2.45, 2.75) is 11.2 Å². The van der Waals surface area contributed by atoms with Gasteiger partial charge < -0.3 is 11.1 Å². The summed E-state index contributed by atoms with van der Waals surface area (Å²) in [6.45, 7) is 0. The summed E-state index contributed by atoms with van der Waals surface area (Å²) in [5, 5.41) is 2.69. The van der Waals surface area contributed by atoms with Crippen molar-refractivity contribution >= 4 is 29.3 Å². The zero-order chi connectivity index (χ0) is 17.7. The fourth-order valence-corrected chi connectivity index (χ4v) is 2.48. The minimum atomic E-state index is -4.44. The monoisotopic (exact) mass is 355 g/mol. The molecule has 0 saturated carbocycles. The van der Waals surface area contributed by atoms with E-state index < -0.39 is 17.8 Å². The molecule has 0 bridgehead atoms. The summed E-state index contributed by atoms with van der Waals surface area (Å²) >= 11 is 1.04. The van der Waals surface area contributed by atoms with Gasteiger partial charge in [0.25, 0.3) is 0 Å². The van der Waals surface area contributed by atoms with E-state index in [1.807, 2.05) is 0 Å². The summed E-state index contributed by atoms with van der Waals surface area (Å²) in [4.78, 5) is 26.4. The minimum Gasteiger partial charge on any atom is -0.351 e. The summed E-state index contributed by atoms with van der Waals surface area (Å²) in [5.41, 5.74) is 5.00. The first-order valence-electron chi connectivity index (χ1n) is 6.61. The maximum atomic E-state index is 12.4. The lowest BCUT2D eigenvalue weighted by molar-refractivity contribution is -0.137. The van der Waals surface area contributed by atoms with Crippen LogP contribution in [-0.4, -0.2) is 22.6 Å². The van der Waals surface area contributed by atoms with Gasteiger partial charge in [0.15, 0.2) is 5.78 Å². The number of benzene rings is 1. The van der Waals surface area contributed by atoms with Crippen molar-refractivity contribution in [3.8, 4) is 0 Å². The molecule has 0 aliphatic heterocycles. The number of halogens is 3. The second kappa shape index (κ2) is 7.35. The number of alkyl halides is 3. The molecule has 1 aromatic carbocycles. The van der Waals surface area contributed by atoms with Crippen LogP contribution < -0.4 is 11.1 Å². The Bertz CT molecular complexity index is 731. The number of rotatable bonds is 5. The van der Waals surface area contributed by atoms with Crippen molar-refractivity contribution in [3.63, 3.8) is 0 Å². The van der Waals surface area contributed by atoms with Crippen LogP contribution in [0.2, 0.25) is 0 Å². The number of primary amides is 1. The predicted molar refractivity (Wildman–Crippen MR) is 83.9 cm³/mol. The van der Waals surface area contributed by atoms with Crippen molar-refractivity contribution in [2.24, 2.45) is 5.73 Å². The topological polar surface area (TPSA) is 85.1 Å². The van der Waals surface area contributed by atoms with E-state index in [-0.39, 0.29) is 11.5 Å². The van der Waals surface area contributed by atoms with Crippen LogP contribution in [0.25, 0.3) is 0 Å². The summed E-state index contributed by atoms with van der Waals surface area (Å²) < 4.78 is 37.3. The number of urea groups is 1. The van der Waals surface area contributed by atoms with Crippen LogP contribution in [0.5, 0.6) is 0 Å². The van der Waals surface area contributed by atoms with Gasteiger partial charge in [-0.15, -0.1) is 0 Å². The van der Waals surface area contributed by atoms with Gasteiger partial charge in [-0.2, -0.15) is 13.2 Å². The van der Waals surface area contributed by atoms with E-state index in [2.05, 4.69) is 10.3 Å². The van der Waals surface area contributed by atoms with E-state index in [1.54, 1.807) is 0 Å². The second-order valence-corrected chi connectivity index (χ2v) is 5.66. The molecule has 0 aliphatic rings. The number of hydrogen-bond donors (Lipinski definition) is 2. The highest BCUT2D eigenvalue weighted by atomic mass is 32.2. The molecule has 9 heteroatoms. The number of Topliss-reactive ketones (excluding diaryl/α,β-unsaturated/α-hetero) is 1. The second-order valence-electron chi connectivity index (χ2n) is 4.66. The van der Waals surface area contributed by atoms with E-state index in [4.69, 9.17) is 5.73 Å². The fourth-order valence-electron chi connectivity index (χ4n) is 1.74. The molecule has 24 heavy (non-hydrogen) atoms. The molecule has 0 unspecified atom stereocenters. The van der Waals surface area contributed by atoms with Crippen LogP contribution in [0.1, 0.15) is 15.9 Å². The van der Waals surface area contributed by atoms with Gasteiger partial charge in [0.05, 0.1) is 16.3 Å². The average Bonchev–Trinajstić information content (AvgIpc) is 2.52. The Labute approximate surface area is 139 Å². The van der Waals surface area contributed by atoms with Crippen molar-refractivity contribution in [3.05, 3.63) is 53.7 Å². The number of ketones is 1. The molecule has 0 atom stereocenters. The average molecular weight is 355 g/mol.